The number of likely N-dealkylation sites (tertiary alicyclic amines) is 1. The van der Waals surface area contributed by atoms with E-state index in [1.807, 2.05) is 0 Å². The zero-order valence-electron chi connectivity index (χ0n) is 14.9. The van der Waals surface area contributed by atoms with E-state index in [0.29, 0.717) is 30.6 Å². The van der Waals surface area contributed by atoms with Crippen LogP contribution in [0.1, 0.15) is 34.0 Å². The number of carbonyl (C=O) groups excluding carboxylic acids is 1. The van der Waals surface area contributed by atoms with E-state index in [9.17, 15) is 13.6 Å². The Bertz CT molecular complexity index is 1020. The Morgan fingerprint density at radius 2 is 2.04 bits per heavy atom. The van der Waals surface area contributed by atoms with Crippen LogP contribution in [-0.2, 0) is 6.54 Å². The summed E-state index contributed by atoms with van der Waals surface area (Å²) in [6, 6.07) is 10.8. The Hall–Kier alpha value is -2.80. The van der Waals surface area contributed by atoms with Gasteiger partial charge in [-0.2, -0.15) is 0 Å². The molecule has 1 aromatic heterocycles. The summed E-state index contributed by atoms with van der Waals surface area (Å²) >= 11 is 6.03. The van der Waals surface area contributed by atoms with E-state index in [-0.39, 0.29) is 34.9 Å². The lowest BCUT2D eigenvalue weighted by atomic mass is 9.98. The molecule has 3 aromatic rings. The Labute approximate surface area is 165 Å². The molecular formula is C20H17ClF2N4O. The number of aromatic nitrogens is 3. The van der Waals surface area contributed by atoms with Crippen molar-refractivity contribution in [3.05, 3.63) is 82.1 Å². The normalized spacial score (nSPS) is 16.5. The van der Waals surface area contributed by atoms with Crippen molar-refractivity contribution in [2.45, 2.75) is 18.9 Å². The van der Waals surface area contributed by atoms with Crippen molar-refractivity contribution in [2.24, 2.45) is 0 Å². The smallest absolute Gasteiger partial charge is 0.276 e. The van der Waals surface area contributed by atoms with E-state index in [2.05, 4.69) is 10.3 Å². The predicted octanol–water partition coefficient (Wildman–Crippen LogP) is 3.89. The van der Waals surface area contributed by atoms with Gasteiger partial charge in [-0.15, -0.1) is 5.10 Å². The maximum atomic E-state index is 14.0. The molecule has 0 saturated carbocycles. The van der Waals surface area contributed by atoms with E-state index in [0.717, 1.165) is 0 Å². The fraction of sp³-hybridized carbons (Fsp3) is 0.250. The number of rotatable bonds is 4. The number of benzene rings is 2. The molecule has 1 fully saturated rings. The summed E-state index contributed by atoms with van der Waals surface area (Å²) in [5.41, 5.74) is 1.52. The summed E-state index contributed by atoms with van der Waals surface area (Å²) in [5, 5.41) is 8.20. The highest BCUT2D eigenvalue weighted by Crippen LogP contribution is 2.29. The molecule has 28 heavy (non-hydrogen) atoms. The van der Waals surface area contributed by atoms with Crippen LogP contribution < -0.4 is 0 Å². The number of amides is 1. The van der Waals surface area contributed by atoms with Crippen molar-refractivity contribution in [3.8, 4) is 0 Å². The molecule has 1 amide bonds. The van der Waals surface area contributed by atoms with E-state index in [4.69, 9.17) is 11.6 Å². The minimum Gasteiger partial charge on any atom is -0.337 e. The summed E-state index contributed by atoms with van der Waals surface area (Å²) in [6.45, 7) is 1.25. The highest BCUT2D eigenvalue weighted by Gasteiger charge is 2.30. The largest absolute Gasteiger partial charge is 0.337 e. The van der Waals surface area contributed by atoms with Crippen LogP contribution in [0.4, 0.5) is 8.78 Å². The number of nitrogens with zero attached hydrogens (tertiary/aromatic N) is 4. The first kappa shape index (κ1) is 18.6. The molecule has 1 atom stereocenters. The van der Waals surface area contributed by atoms with Gasteiger partial charge in [0.25, 0.3) is 5.91 Å². The van der Waals surface area contributed by atoms with Crippen LogP contribution in [0.2, 0.25) is 5.02 Å². The number of hydrogen-bond acceptors (Lipinski definition) is 3. The third-order valence-corrected chi connectivity index (χ3v) is 5.28. The quantitative estimate of drug-likeness (QED) is 0.665. The van der Waals surface area contributed by atoms with Gasteiger partial charge in [-0.1, -0.05) is 41.1 Å². The van der Waals surface area contributed by atoms with Crippen molar-refractivity contribution in [1.29, 1.82) is 0 Å². The van der Waals surface area contributed by atoms with Gasteiger partial charge in [-0.05, 0) is 35.7 Å². The Morgan fingerprint density at radius 1 is 1.21 bits per heavy atom. The molecule has 4 rings (SSSR count). The van der Waals surface area contributed by atoms with Crippen LogP contribution in [0.5, 0.6) is 0 Å². The average molecular weight is 403 g/mol. The minimum atomic E-state index is -0.415. The zero-order chi connectivity index (χ0) is 19.7. The van der Waals surface area contributed by atoms with Crippen molar-refractivity contribution < 1.29 is 13.6 Å². The van der Waals surface area contributed by atoms with Crippen LogP contribution in [0.3, 0.4) is 0 Å². The maximum absolute atomic E-state index is 14.0. The fourth-order valence-electron chi connectivity index (χ4n) is 3.46. The molecular weight excluding hydrogens is 386 g/mol. The first-order chi connectivity index (χ1) is 13.5. The van der Waals surface area contributed by atoms with E-state index < -0.39 is 5.82 Å². The van der Waals surface area contributed by atoms with E-state index in [1.165, 1.54) is 22.9 Å². The number of carbonyl (C=O) groups is 1. The molecule has 0 unspecified atom stereocenters. The molecule has 1 aliphatic heterocycles. The molecule has 144 valence electrons. The second kappa shape index (κ2) is 7.67. The van der Waals surface area contributed by atoms with E-state index >= 15 is 0 Å². The van der Waals surface area contributed by atoms with Gasteiger partial charge in [0.05, 0.1) is 12.7 Å². The summed E-state index contributed by atoms with van der Waals surface area (Å²) in [6.07, 6.45) is 2.24. The van der Waals surface area contributed by atoms with Crippen LogP contribution in [0.25, 0.3) is 0 Å². The molecule has 2 aromatic carbocycles. The third kappa shape index (κ3) is 3.75. The number of hydrogen-bond donors (Lipinski definition) is 0. The summed E-state index contributed by atoms with van der Waals surface area (Å²) in [4.78, 5) is 14.4. The molecule has 0 bridgehead atoms. The first-order valence-corrected chi connectivity index (χ1v) is 9.27. The second-order valence-corrected chi connectivity index (χ2v) is 7.20. The van der Waals surface area contributed by atoms with Crippen LogP contribution in [0.15, 0.2) is 48.7 Å². The molecule has 0 radical (unpaired) electrons. The third-order valence-electron chi connectivity index (χ3n) is 4.93. The highest BCUT2D eigenvalue weighted by molar-refractivity contribution is 6.31. The van der Waals surface area contributed by atoms with Crippen molar-refractivity contribution in [3.63, 3.8) is 0 Å². The molecule has 2 heterocycles. The molecule has 1 saturated heterocycles. The van der Waals surface area contributed by atoms with Crippen LogP contribution in [0, 0.1) is 11.6 Å². The predicted molar refractivity (Wildman–Crippen MR) is 100 cm³/mol. The lowest BCUT2D eigenvalue weighted by Crippen LogP contribution is -2.28. The number of halogens is 3. The van der Waals surface area contributed by atoms with Gasteiger partial charge in [-0.25, -0.2) is 13.5 Å². The summed E-state index contributed by atoms with van der Waals surface area (Å²) < 4.78 is 28.6. The second-order valence-electron chi connectivity index (χ2n) is 6.80. The van der Waals surface area contributed by atoms with Gasteiger partial charge >= 0.3 is 0 Å². The summed E-state index contributed by atoms with van der Waals surface area (Å²) in [5.74, 6) is -0.931. The van der Waals surface area contributed by atoms with Crippen molar-refractivity contribution in [2.75, 3.05) is 13.1 Å². The molecule has 8 heteroatoms. The lowest BCUT2D eigenvalue weighted by Gasteiger charge is -2.15. The van der Waals surface area contributed by atoms with E-state index in [1.54, 1.807) is 35.4 Å². The topological polar surface area (TPSA) is 51.0 Å². The standard InChI is InChI=1S/C20H17ClF2N4O/c21-17-9-15(22)6-5-14(17)11-27-12-19(24-25-27)20(28)26-8-7-13(10-26)16-3-1-2-4-18(16)23/h1-6,9,12-13H,7-8,10-11H2/t13-/m1/s1. The van der Waals surface area contributed by atoms with Crippen LogP contribution >= 0.6 is 11.6 Å². The SMILES string of the molecule is O=C(c1cn(Cc2ccc(F)cc2Cl)nn1)N1CC[C@@H](c2ccccc2F)C1. The Kier molecular flexibility index (Phi) is 5.09. The maximum Gasteiger partial charge on any atom is 0.276 e. The van der Waals surface area contributed by atoms with Gasteiger partial charge in [0.1, 0.15) is 11.6 Å². The molecule has 5 nitrogen and oxygen atoms in total. The van der Waals surface area contributed by atoms with Gasteiger partial charge < -0.3 is 4.90 Å². The molecule has 1 aliphatic rings. The monoisotopic (exact) mass is 402 g/mol. The van der Waals surface area contributed by atoms with Gasteiger partial charge in [0.15, 0.2) is 5.69 Å². The molecule has 0 aliphatic carbocycles. The fourth-order valence-corrected chi connectivity index (χ4v) is 3.69. The summed E-state index contributed by atoms with van der Waals surface area (Å²) in [7, 11) is 0. The lowest BCUT2D eigenvalue weighted by molar-refractivity contribution is 0.0784. The average Bonchev–Trinajstić information content (AvgIpc) is 3.34. The zero-order valence-corrected chi connectivity index (χ0v) is 15.6. The Morgan fingerprint density at radius 3 is 2.82 bits per heavy atom. The molecule has 0 spiro atoms. The van der Waals surface area contributed by atoms with Gasteiger partial charge in [0.2, 0.25) is 0 Å². The Balaban J connectivity index is 1.44. The highest BCUT2D eigenvalue weighted by atomic mass is 35.5. The first-order valence-electron chi connectivity index (χ1n) is 8.89. The minimum absolute atomic E-state index is 0.0294. The van der Waals surface area contributed by atoms with Crippen LogP contribution in [-0.4, -0.2) is 38.9 Å². The van der Waals surface area contributed by atoms with Gasteiger partial charge in [-0.3, -0.25) is 4.79 Å². The van der Waals surface area contributed by atoms with Crippen molar-refractivity contribution in [1.82, 2.24) is 19.9 Å². The van der Waals surface area contributed by atoms with Gasteiger partial charge in [0, 0.05) is 24.0 Å². The van der Waals surface area contributed by atoms with Crippen molar-refractivity contribution >= 4 is 17.5 Å². The molecule has 0 N–H and O–H groups in total.